The zero-order valence-corrected chi connectivity index (χ0v) is 17.6. The van der Waals surface area contributed by atoms with E-state index in [-0.39, 0.29) is 29.5 Å². The number of hydrogen-bond acceptors (Lipinski definition) is 5. The fraction of sp³-hybridized carbons (Fsp3) is 0.652. The molecular weight excluding hydrogens is 384 g/mol. The summed E-state index contributed by atoms with van der Waals surface area (Å²) in [6.07, 6.45) is 6.64. The molecule has 4 fully saturated rings. The van der Waals surface area contributed by atoms with Crippen molar-refractivity contribution in [2.24, 2.45) is 29.1 Å². The molecule has 0 radical (unpaired) electrons. The first-order chi connectivity index (χ1) is 14.3. The summed E-state index contributed by atoms with van der Waals surface area (Å²) >= 11 is 0. The van der Waals surface area contributed by atoms with Crippen molar-refractivity contribution in [1.29, 1.82) is 0 Å². The highest BCUT2D eigenvalue weighted by Crippen LogP contribution is 2.60. The first kappa shape index (κ1) is 20.8. The molecule has 1 aromatic rings. The van der Waals surface area contributed by atoms with E-state index in [1.165, 1.54) is 31.4 Å². The first-order valence-electron chi connectivity index (χ1n) is 11.0. The van der Waals surface area contributed by atoms with Crippen LogP contribution in [0.5, 0.6) is 0 Å². The van der Waals surface area contributed by atoms with Crippen LogP contribution in [0.1, 0.15) is 57.9 Å². The quantitative estimate of drug-likeness (QED) is 0.413. The Balaban J connectivity index is 1.38. The molecule has 7 heteroatoms. The van der Waals surface area contributed by atoms with Crippen molar-refractivity contribution in [2.75, 3.05) is 0 Å². The Bertz CT molecular complexity index is 797. The lowest BCUT2D eigenvalue weighted by Gasteiger charge is -2.55. The number of non-ortho nitro benzene ring substituents is 1. The molecule has 1 N–H and O–H groups in total. The largest absolute Gasteiger partial charge is 0.459 e. The molecule has 5 rings (SSSR count). The standard InChI is InChI=1S/C23H30N2O5/c1-14(2)20(21(26)30-13-15-3-5-19(6-4-15)25(28)29)24-22(27)23-10-16-7-17(11-23)9-18(8-16)12-23/h3-6,14,16-18,20H,7-13H2,1-2H3,(H,24,27)/t16?,17?,18?,20-,23?/m0/s1. The van der Waals surface area contributed by atoms with Gasteiger partial charge in [0, 0.05) is 17.5 Å². The number of nitrogens with one attached hydrogen (secondary N) is 1. The van der Waals surface area contributed by atoms with Crippen LogP contribution < -0.4 is 5.32 Å². The van der Waals surface area contributed by atoms with Gasteiger partial charge in [-0.25, -0.2) is 4.79 Å². The van der Waals surface area contributed by atoms with Gasteiger partial charge in [0.2, 0.25) is 5.91 Å². The predicted octanol–water partition coefficient (Wildman–Crippen LogP) is 4.00. The van der Waals surface area contributed by atoms with E-state index >= 15 is 0 Å². The van der Waals surface area contributed by atoms with Crippen LogP contribution in [0.2, 0.25) is 0 Å². The van der Waals surface area contributed by atoms with Crippen LogP contribution in [0, 0.1) is 39.2 Å². The van der Waals surface area contributed by atoms with E-state index in [2.05, 4.69) is 5.32 Å². The maximum atomic E-state index is 13.3. The third kappa shape index (κ3) is 4.07. The minimum atomic E-state index is -0.691. The third-order valence-electron chi connectivity index (χ3n) is 7.26. The second-order valence-electron chi connectivity index (χ2n) is 9.92. The van der Waals surface area contributed by atoms with Crippen LogP contribution in [0.15, 0.2) is 24.3 Å². The molecule has 0 aliphatic heterocycles. The molecule has 0 unspecified atom stereocenters. The second-order valence-corrected chi connectivity index (χ2v) is 9.92. The number of nitro groups is 1. The van der Waals surface area contributed by atoms with Crippen LogP contribution in [0.25, 0.3) is 0 Å². The summed E-state index contributed by atoms with van der Waals surface area (Å²) < 4.78 is 5.45. The number of esters is 1. The molecule has 4 bridgehead atoms. The van der Waals surface area contributed by atoms with Crippen LogP contribution >= 0.6 is 0 Å². The minimum absolute atomic E-state index is 0.00651. The summed E-state index contributed by atoms with van der Waals surface area (Å²) in [5.74, 6) is 1.46. The van der Waals surface area contributed by atoms with Gasteiger partial charge in [-0.2, -0.15) is 0 Å². The van der Waals surface area contributed by atoms with Gasteiger partial charge >= 0.3 is 5.97 Å². The molecule has 4 saturated carbocycles. The molecule has 4 aliphatic rings. The summed E-state index contributed by atoms with van der Waals surface area (Å²) in [6.45, 7) is 3.82. The first-order valence-corrected chi connectivity index (χ1v) is 11.0. The minimum Gasteiger partial charge on any atom is -0.459 e. The van der Waals surface area contributed by atoms with Crippen molar-refractivity contribution in [3.8, 4) is 0 Å². The van der Waals surface area contributed by atoms with Gasteiger partial charge in [0.25, 0.3) is 5.69 Å². The highest BCUT2D eigenvalue weighted by Gasteiger charge is 2.55. The van der Waals surface area contributed by atoms with Crippen molar-refractivity contribution >= 4 is 17.6 Å². The molecule has 7 nitrogen and oxygen atoms in total. The van der Waals surface area contributed by atoms with Gasteiger partial charge in [0.15, 0.2) is 0 Å². The molecular formula is C23H30N2O5. The number of amides is 1. The van der Waals surface area contributed by atoms with Crippen LogP contribution in [0.3, 0.4) is 0 Å². The Hall–Kier alpha value is -2.44. The molecule has 1 amide bonds. The smallest absolute Gasteiger partial charge is 0.329 e. The number of nitro benzene ring substituents is 1. The lowest BCUT2D eigenvalue weighted by Crippen LogP contribution is -2.57. The SMILES string of the molecule is CC(C)[C@H](NC(=O)C12CC3CC(CC(C3)C1)C2)C(=O)OCc1ccc([N+](=O)[O-])cc1. The molecule has 162 valence electrons. The number of hydrogen-bond donors (Lipinski definition) is 1. The Morgan fingerprint density at radius 1 is 1.10 bits per heavy atom. The van der Waals surface area contributed by atoms with E-state index < -0.39 is 16.9 Å². The van der Waals surface area contributed by atoms with E-state index in [1.54, 1.807) is 12.1 Å². The molecule has 0 heterocycles. The number of ether oxygens (including phenoxy) is 1. The fourth-order valence-electron chi connectivity index (χ4n) is 6.14. The zero-order chi connectivity index (χ0) is 21.5. The zero-order valence-electron chi connectivity index (χ0n) is 17.6. The van der Waals surface area contributed by atoms with Gasteiger partial charge in [-0.05, 0) is 79.9 Å². The lowest BCUT2D eigenvalue weighted by molar-refractivity contribution is -0.384. The number of benzene rings is 1. The van der Waals surface area contributed by atoms with Crippen molar-refractivity contribution in [2.45, 2.75) is 65.0 Å². The Kier molecular flexibility index (Phi) is 5.55. The van der Waals surface area contributed by atoms with Gasteiger partial charge in [0.1, 0.15) is 12.6 Å². The van der Waals surface area contributed by atoms with E-state index in [9.17, 15) is 19.7 Å². The highest BCUT2D eigenvalue weighted by molar-refractivity contribution is 5.88. The van der Waals surface area contributed by atoms with E-state index in [1.807, 2.05) is 13.8 Å². The predicted molar refractivity (Wildman–Crippen MR) is 110 cm³/mol. The van der Waals surface area contributed by atoms with Crippen molar-refractivity contribution in [3.63, 3.8) is 0 Å². The Morgan fingerprint density at radius 2 is 1.63 bits per heavy atom. The van der Waals surface area contributed by atoms with Crippen LogP contribution in [-0.4, -0.2) is 22.8 Å². The molecule has 1 atom stereocenters. The summed E-state index contributed by atoms with van der Waals surface area (Å²) in [5.41, 5.74) is 0.359. The van der Waals surface area contributed by atoms with Gasteiger partial charge < -0.3 is 10.1 Å². The van der Waals surface area contributed by atoms with Crippen molar-refractivity contribution in [3.05, 3.63) is 39.9 Å². The van der Waals surface area contributed by atoms with Crippen LogP contribution in [-0.2, 0) is 20.9 Å². The number of nitrogens with zero attached hydrogens (tertiary/aromatic N) is 1. The average Bonchev–Trinajstić information content (AvgIpc) is 2.69. The van der Waals surface area contributed by atoms with Gasteiger partial charge in [-0.15, -0.1) is 0 Å². The topological polar surface area (TPSA) is 98.5 Å². The Labute approximate surface area is 176 Å². The number of rotatable bonds is 7. The summed E-state index contributed by atoms with van der Waals surface area (Å²) in [6, 6.07) is 5.23. The molecule has 0 saturated heterocycles. The maximum absolute atomic E-state index is 13.3. The van der Waals surface area contributed by atoms with Crippen LogP contribution in [0.4, 0.5) is 5.69 Å². The fourth-order valence-corrected chi connectivity index (χ4v) is 6.14. The summed E-state index contributed by atoms with van der Waals surface area (Å²) in [7, 11) is 0. The maximum Gasteiger partial charge on any atom is 0.329 e. The molecule has 4 aliphatic carbocycles. The lowest BCUT2D eigenvalue weighted by atomic mass is 9.49. The van der Waals surface area contributed by atoms with Gasteiger partial charge in [0.05, 0.1) is 4.92 Å². The molecule has 30 heavy (non-hydrogen) atoms. The molecule has 0 spiro atoms. The van der Waals surface area contributed by atoms with Crippen molar-refractivity contribution < 1.29 is 19.2 Å². The highest BCUT2D eigenvalue weighted by atomic mass is 16.6. The average molecular weight is 415 g/mol. The van der Waals surface area contributed by atoms with E-state index in [0.29, 0.717) is 23.3 Å². The van der Waals surface area contributed by atoms with Gasteiger partial charge in [-0.1, -0.05) is 13.8 Å². The van der Waals surface area contributed by atoms with Crippen molar-refractivity contribution in [1.82, 2.24) is 5.32 Å². The second kappa shape index (κ2) is 8.00. The number of carbonyl (C=O) groups is 2. The monoisotopic (exact) mass is 414 g/mol. The third-order valence-corrected chi connectivity index (χ3v) is 7.26. The Morgan fingerprint density at radius 3 is 2.10 bits per heavy atom. The van der Waals surface area contributed by atoms with E-state index in [4.69, 9.17) is 4.74 Å². The molecule has 1 aromatic carbocycles. The summed E-state index contributed by atoms with van der Waals surface area (Å²) in [4.78, 5) is 36.3. The number of carbonyl (C=O) groups excluding carboxylic acids is 2. The van der Waals surface area contributed by atoms with E-state index in [0.717, 1.165) is 19.3 Å². The summed E-state index contributed by atoms with van der Waals surface area (Å²) in [5, 5.41) is 13.8. The molecule has 0 aromatic heterocycles. The normalized spacial score (nSPS) is 30.2. The van der Waals surface area contributed by atoms with Gasteiger partial charge in [-0.3, -0.25) is 14.9 Å².